The Morgan fingerprint density at radius 2 is 1.72 bits per heavy atom. The number of esters is 1. The van der Waals surface area contributed by atoms with Gasteiger partial charge in [0.05, 0.1) is 5.52 Å². The third-order valence-electron chi connectivity index (χ3n) is 4.25. The SMILES string of the molecule is CCCCCCCCCC(=O)OC(=O)n1cc(C=O)c2ccccc21. The Balaban J connectivity index is 1.84. The molecule has 0 aliphatic rings. The second kappa shape index (κ2) is 9.77. The van der Waals surface area contributed by atoms with Gasteiger partial charge in [0.15, 0.2) is 6.29 Å². The van der Waals surface area contributed by atoms with Crippen LogP contribution in [0.2, 0.25) is 0 Å². The molecule has 5 nitrogen and oxygen atoms in total. The van der Waals surface area contributed by atoms with Gasteiger partial charge in [0.1, 0.15) is 0 Å². The summed E-state index contributed by atoms with van der Waals surface area (Å²) in [4.78, 5) is 35.2. The Kier molecular flexibility index (Phi) is 7.38. The molecule has 2 rings (SSSR count). The van der Waals surface area contributed by atoms with Crippen molar-refractivity contribution in [1.29, 1.82) is 0 Å². The highest BCUT2D eigenvalue weighted by Gasteiger charge is 2.17. The third kappa shape index (κ3) is 5.28. The number of unbranched alkanes of at least 4 members (excludes halogenated alkanes) is 6. The molecule has 0 atom stereocenters. The first kappa shape index (κ1) is 18.9. The van der Waals surface area contributed by atoms with Gasteiger partial charge in [-0.2, -0.15) is 0 Å². The number of nitrogens with zero attached hydrogens (tertiary/aromatic N) is 1. The molecule has 0 radical (unpaired) electrons. The zero-order chi connectivity index (χ0) is 18.1. The highest BCUT2D eigenvalue weighted by molar-refractivity contribution is 6.02. The third-order valence-corrected chi connectivity index (χ3v) is 4.25. The Hall–Kier alpha value is -2.43. The molecule has 134 valence electrons. The standard InChI is InChI=1S/C20H25NO4/c1-2-3-4-5-6-7-8-13-19(23)25-20(24)21-14-16(15-22)17-11-9-10-12-18(17)21/h9-12,14-15H,2-8,13H2,1H3. The first-order valence-corrected chi connectivity index (χ1v) is 8.97. The molecule has 5 heteroatoms. The molecule has 0 fully saturated rings. The lowest BCUT2D eigenvalue weighted by atomic mass is 10.1. The fraction of sp³-hybridized carbons (Fsp3) is 0.450. The van der Waals surface area contributed by atoms with E-state index in [4.69, 9.17) is 4.74 Å². The van der Waals surface area contributed by atoms with Crippen molar-refractivity contribution in [2.45, 2.75) is 58.3 Å². The maximum atomic E-state index is 12.2. The summed E-state index contributed by atoms with van der Waals surface area (Å²) < 4.78 is 6.13. The molecule has 0 amide bonds. The van der Waals surface area contributed by atoms with Crippen LogP contribution in [0.1, 0.15) is 68.6 Å². The molecule has 2 aromatic rings. The largest absolute Gasteiger partial charge is 0.426 e. The number of fused-ring (bicyclic) bond motifs is 1. The number of hydrogen-bond acceptors (Lipinski definition) is 4. The van der Waals surface area contributed by atoms with E-state index in [9.17, 15) is 14.4 Å². The lowest BCUT2D eigenvalue weighted by Gasteiger charge is -2.05. The molecular formula is C20H25NO4. The number of aromatic nitrogens is 1. The Labute approximate surface area is 148 Å². The summed E-state index contributed by atoms with van der Waals surface area (Å²) in [5.41, 5.74) is 0.949. The molecule has 0 aliphatic heterocycles. The van der Waals surface area contributed by atoms with Crippen LogP contribution in [0.25, 0.3) is 10.9 Å². The van der Waals surface area contributed by atoms with Crippen molar-refractivity contribution in [1.82, 2.24) is 4.57 Å². The van der Waals surface area contributed by atoms with Gasteiger partial charge in [-0.25, -0.2) is 4.79 Å². The topological polar surface area (TPSA) is 65.4 Å². The normalized spacial score (nSPS) is 10.8. The predicted molar refractivity (Wildman–Crippen MR) is 96.8 cm³/mol. The molecule has 0 aliphatic carbocycles. The summed E-state index contributed by atoms with van der Waals surface area (Å²) >= 11 is 0. The minimum Gasteiger partial charge on any atom is -0.376 e. The first-order chi connectivity index (χ1) is 12.2. The summed E-state index contributed by atoms with van der Waals surface area (Å²) in [5.74, 6) is -0.524. The Bertz CT molecular complexity index is 732. The smallest absolute Gasteiger partial charge is 0.376 e. The van der Waals surface area contributed by atoms with Crippen LogP contribution in [0.15, 0.2) is 30.5 Å². The van der Waals surface area contributed by atoms with Gasteiger partial charge in [-0.15, -0.1) is 0 Å². The van der Waals surface area contributed by atoms with E-state index in [1.165, 1.54) is 36.4 Å². The molecule has 0 bridgehead atoms. The van der Waals surface area contributed by atoms with Crippen LogP contribution in [0.3, 0.4) is 0 Å². The van der Waals surface area contributed by atoms with Gasteiger partial charge >= 0.3 is 12.1 Å². The molecule has 0 N–H and O–H groups in total. The number of para-hydroxylation sites is 1. The average molecular weight is 343 g/mol. The van der Waals surface area contributed by atoms with Crippen molar-refractivity contribution in [3.05, 3.63) is 36.0 Å². The molecule has 0 unspecified atom stereocenters. The summed E-state index contributed by atoms with van der Waals surface area (Å²) in [6.07, 6.45) is 9.25. The van der Waals surface area contributed by atoms with E-state index < -0.39 is 12.1 Å². The van der Waals surface area contributed by atoms with Gasteiger partial charge in [0, 0.05) is 23.6 Å². The maximum Gasteiger partial charge on any atom is 0.426 e. The van der Waals surface area contributed by atoms with Crippen molar-refractivity contribution >= 4 is 29.3 Å². The van der Waals surface area contributed by atoms with Crippen LogP contribution in [-0.2, 0) is 9.53 Å². The molecule has 1 aromatic carbocycles. The Morgan fingerprint density at radius 1 is 1.04 bits per heavy atom. The number of benzene rings is 1. The molecule has 0 spiro atoms. The molecule has 1 aromatic heterocycles. The van der Waals surface area contributed by atoms with E-state index in [1.54, 1.807) is 24.3 Å². The summed E-state index contributed by atoms with van der Waals surface area (Å²) in [6.45, 7) is 2.18. The number of carbonyl (C=O) groups is 3. The van der Waals surface area contributed by atoms with Crippen LogP contribution in [0, 0.1) is 0 Å². The van der Waals surface area contributed by atoms with Gasteiger partial charge < -0.3 is 4.74 Å². The molecule has 0 saturated carbocycles. The summed E-state index contributed by atoms with van der Waals surface area (Å²) in [7, 11) is 0. The monoisotopic (exact) mass is 343 g/mol. The zero-order valence-corrected chi connectivity index (χ0v) is 14.7. The second-order valence-corrected chi connectivity index (χ2v) is 6.20. The minimum absolute atomic E-state index is 0.235. The zero-order valence-electron chi connectivity index (χ0n) is 14.7. The van der Waals surface area contributed by atoms with Gasteiger partial charge in [-0.05, 0) is 12.5 Å². The Morgan fingerprint density at radius 3 is 2.44 bits per heavy atom. The molecule has 25 heavy (non-hydrogen) atoms. The lowest BCUT2D eigenvalue weighted by Crippen LogP contribution is -2.17. The van der Waals surface area contributed by atoms with Crippen molar-refractivity contribution in [3.8, 4) is 0 Å². The van der Waals surface area contributed by atoms with Crippen molar-refractivity contribution in [2.24, 2.45) is 0 Å². The van der Waals surface area contributed by atoms with Crippen molar-refractivity contribution < 1.29 is 19.1 Å². The molecular weight excluding hydrogens is 318 g/mol. The van der Waals surface area contributed by atoms with E-state index in [1.807, 2.05) is 0 Å². The van der Waals surface area contributed by atoms with E-state index in [2.05, 4.69) is 6.92 Å². The minimum atomic E-state index is -0.766. The molecule has 1 heterocycles. The highest BCUT2D eigenvalue weighted by atomic mass is 16.6. The van der Waals surface area contributed by atoms with Crippen LogP contribution < -0.4 is 0 Å². The van der Waals surface area contributed by atoms with Crippen LogP contribution in [0.5, 0.6) is 0 Å². The van der Waals surface area contributed by atoms with Gasteiger partial charge in [0.25, 0.3) is 0 Å². The van der Waals surface area contributed by atoms with Crippen LogP contribution in [-0.4, -0.2) is 22.9 Å². The number of carbonyl (C=O) groups excluding carboxylic acids is 3. The summed E-state index contributed by atoms with van der Waals surface area (Å²) in [6, 6.07) is 7.02. The predicted octanol–water partition coefficient (Wildman–Crippen LogP) is 5.11. The van der Waals surface area contributed by atoms with Crippen molar-refractivity contribution in [2.75, 3.05) is 0 Å². The average Bonchev–Trinajstić information content (AvgIpc) is 3.00. The van der Waals surface area contributed by atoms with Crippen LogP contribution >= 0.6 is 0 Å². The molecule has 0 saturated heterocycles. The number of rotatable bonds is 9. The van der Waals surface area contributed by atoms with Crippen molar-refractivity contribution in [3.63, 3.8) is 0 Å². The highest BCUT2D eigenvalue weighted by Crippen LogP contribution is 2.20. The van der Waals surface area contributed by atoms with Gasteiger partial charge in [0.2, 0.25) is 0 Å². The fourth-order valence-electron chi connectivity index (χ4n) is 2.87. The van der Waals surface area contributed by atoms with E-state index >= 15 is 0 Å². The van der Waals surface area contributed by atoms with E-state index in [0.717, 1.165) is 19.3 Å². The van der Waals surface area contributed by atoms with Crippen LogP contribution in [0.4, 0.5) is 4.79 Å². The quantitative estimate of drug-likeness (QED) is 0.275. The number of aldehydes is 1. The summed E-state index contributed by atoms with van der Waals surface area (Å²) in [5, 5.41) is 0.661. The number of hydrogen-bond donors (Lipinski definition) is 0. The lowest BCUT2D eigenvalue weighted by molar-refractivity contribution is -0.137. The number of ether oxygens (including phenoxy) is 1. The first-order valence-electron chi connectivity index (χ1n) is 8.97. The van der Waals surface area contributed by atoms with Gasteiger partial charge in [-0.3, -0.25) is 14.2 Å². The maximum absolute atomic E-state index is 12.2. The second-order valence-electron chi connectivity index (χ2n) is 6.20. The van der Waals surface area contributed by atoms with Gasteiger partial charge in [-0.1, -0.05) is 63.6 Å². The fourth-order valence-corrected chi connectivity index (χ4v) is 2.87. The van der Waals surface area contributed by atoms with E-state index in [-0.39, 0.29) is 6.42 Å². The van der Waals surface area contributed by atoms with E-state index in [0.29, 0.717) is 22.8 Å².